The lowest BCUT2D eigenvalue weighted by atomic mass is 10.3. The molecule has 2 aromatic heterocycles. The Labute approximate surface area is 89.0 Å². The van der Waals surface area contributed by atoms with Gasteiger partial charge >= 0.3 is 0 Å². The third-order valence-corrected chi connectivity index (χ3v) is 2.16. The van der Waals surface area contributed by atoms with E-state index in [4.69, 9.17) is 0 Å². The minimum atomic E-state index is 0.732. The van der Waals surface area contributed by atoms with E-state index in [1.54, 1.807) is 6.20 Å². The van der Waals surface area contributed by atoms with Gasteiger partial charge in [0.05, 0.1) is 24.1 Å². The summed E-state index contributed by atoms with van der Waals surface area (Å²) in [5.74, 6) is 0. The first-order valence-corrected chi connectivity index (χ1v) is 5.04. The summed E-state index contributed by atoms with van der Waals surface area (Å²) < 4.78 is 1.89. The molecule has 15 heavy (non-hydrogen) atoms. The molecule has 2 heterocycles. The summed E-state index contributed by atoms with van der Waals surface area (Å²) in [6.45, 7) is 3.69. The quantitative estimate of drug-likeness (QED) is 0.823. The second kappa shape index (κ2) is 4.59. The van der Waals surface area contributed by atoms with Gasteiger partial charge in [-0.25, -0.2) is 0 Å². The maximum atomic E-state index is 4.23. The summed E-state index contributed by atoms with van der Waals surface area (Å²) in [6, 6.07) is 5.90. The lowest BCUT2D eigenvalue weighted by Crippen LogP contribution is -2.00. The summed E-state index contributed by atoms with van der Waals surface area (Å²) in [7, 11) is 0. The van der Waals surface area contributed by atoms with Crippen LogP contribution in [-0.4, -0.2) is 14.8 Å². The number of rotatable bonds is 4. The van der Waals surface area contributed by atoms with Crippen molar-refractivity contribution >= 4 is 5.69 Å². The molecule has 0 aliphatic heterocycles. The Kier molecular flexibility index (Phi) is 2.97. The summed E-state index contributed by atoms with van der Waals surface area (Å²) in [6.07, 6.45) is 5.61. The van der Waals surface area contributed by atoms with Gasteiger partial charge in [0.25, 0.3) is 0 Å². The average molecular weight is 202 g/mol. The second-order valence-electron chi connectivity index (χ2n) is 3.26. The maximum absolute atomic E-state index is 4.23. The van der Waals surface area contributed by atoms with Crippen molar-refractivity contribution in [3.05, 3.63) is 42.5 Å². The molecule has 1 N–H and O–H groups in total. The minimum Gasteiger partial charge on any atom is -0.377 e. The fourth-order valence-electron chi connectivity index (χ4n) is 1.32. The normalized spacial score (nSPS) is 10.2. The van der Waals surface area contributed by atoms with E-state index < -0.39 is 0 Å². The van der Waals surface area contributed by atoms with E-state index >= 15 is 0 Å². The standard InChI is InChI=1S/C11H14N4/c1-2-15-9-11(8-14-15)13-7-10-5-3-4-6-12-10/h3-6,8-9,13H,2,7H2,1H3. The molecule has 0 bridgehead atoms. The Morgan fingerprint density at radius 3 is 3.00 bits per heavy atom. The van der Waals surface area contributed by atoms with Gasteiger partial charge in [-0.15, -0.1) is 0 Å². The van der Waals surface area contributed by atoms with Gasteiger partial charge in [0.15, 0.2) is 0 Å². The van der Waals surface area contributed by atoms with E-state index in [2.05, 4.69) is 22.3 Å². The van der Waals surface area contributed by atoms with E-state index in [-0.39, 0.29) is 0 Å². The molecule has 78 valence electrons. The van der Waals surface area contributed by atoms with Gasteiger partial charge in [-0.1, -0.05) is 6.07 Å². The van der Waals surface area contributed by atoms with Crippen LogP contribution in [0.3, 0.4) is 0 Å². The van der Waals surface area contributed by atoms with Crippen molar-refractivity contribution in [3.63, 3.8) is 0 Å². The van der Waals surface area contributed by atoms with Crippen molar-refractivity contribution in [2.75, 3.05) is 5.32 Å². The number of aryl methyl sites for hydroxylation is 1. The number of hydrogen-bond donors (Lipinski definition) is 1. The highest BCUT2D eigenvalue weighted by Gasteiger charge is 1.96. The average Bonchev–Trinajstić information content (AvgIpc) is 2.76. The molecule has 2 aromatic rings. The Balaban J connectivity index is 1.93. The van der Waals surface area contributed by atoms with E-state index in [0.29, 0.717) is 0 Å². The van der Waals surface area contributed by atoms with E-state index in [0.717, 1.165) is 24.5 Å². The molecule has 0 atom stereocenters. The number of nitrogens with one attached hydrogen (secondary N) is 1. The van der Waals surface area contributed by atoms with Crippen LogP contribution < -0.4 is 5.32 Å². The number of hydrogen-bond acceptors (Lipinski definition) is 3. The third kappa shape index (κ3) is 2.56. The van der Waals surface area contributed by atoms with Crippen molar-refractivity contribution in [3.8, 4) is 0 Å². The van der Waals surface area contributed by atoms with Crippen molar-refractivity contribution in [2.24, 2.45) is 0 Å². The zero-order chi connectivity index (χ0) is 10.5. The second-order valence-corrected chi connectivity index (χ2v) is 3.26. The van der Waals surface area contributed by atoms with Crippen LogP contribution in [0.5, 0.6) is 0 Å². The van der Waals surface area contributed by atoms with Crippen molar-refractivity contribution in [1.82, 2.24) is 14.8 Å². The number of aromatic nitrogens is 3. The monoisotopic (exact) mass is 202 g/mol. The topological polar surface area (TPSA) is 42.7 Å². The molecule has 4 heteroatoms. The highest BCUT2D eigenvalue weighted by atomic mass is 15.3. The molecule has 0 saturated carbocycles. The highest BCUT2D eigenvalue weighted by molar-refractivity contribution is 5.38. The first kappa shape index (κ1) is 9.71. The van der Waals surface area contributed by atoms with Crippen LogP contribution in [0.1, 0.15) is 12.6 Å². The van der Waals surface area contributed by atoms with Gasteiger partial charge in [0.2, 0.25) is 0 Å². The lowest BCUT2D eigenvalue weighted by molar-refractivity contribution is 0.660. The summed E-state index contributed by atoms with van der Waals surface area (Å²) >= 11 is 0. The smallest absolute Gasteiger partial charge is 0.0729 e. The first-order chi connectivity index (χ1) is 7.38. The van der Waals surface area contributed by atoms with Crippen LogP contribution >= 0.6 is 0 Å². The maximum Gasteiger partial charge on any atom is 0.0729 e. The summed E-state index contributed by atoms with van der Waals surface area (Å²) in [4.78, 5) is 4.23. The molecule has 0 radical (unpaired) electrons. The van der Waals surface area contributed by atoms with Gasteiger partial charge in [0.1, 0.15) is 0 Å². The van der Waals surface area contributed by atoms with Gasteiger partial charge < -0.3 is 5.32 Å². The predicted molar refractivity (Wildman–Crippen MR) is 59.5 cm³/mol. The van der Waals surface area contributed by atoms with Gasteiger partial charge in [-0.05, 0) is 19.1 Å². The van der Waals surface area contributed by atoms with E-state index in [9.17, 15) is 0 Å². The van der Waals surface area contributed by atoms with Crippen LogP contribution in [0.15, 0.2) is 36.8 Å². The van der Waals surface area contributed by atoms with Crippen molar-refractivity contribution in [2.45, 2.75) is 20.0 Å². The molecule has 0 unspecified atom stereocenters. The largest absolute Gasteiger partial charge is 0.377 e. The van der Waals surface area contributed by atoms with Crippen LogP contribution in [0.25, 0.3) is 0 Å². The first-order valence-electron chi connectivity index (χ1n) is 5.04. The highest BCUT2D eigenvalue weighted by Crippen LogP contribution is 2.06. The van der Waals surface area contributed by atoms with Crippen molar-refractivity contribution < 1.29 is 0 Å². The molecule has 0 spiro atoms. The summed E-state index contributed by atoms with van der Waals surface area (Å²) in [5.41, 5.74) is 2.06. The van der Waals surface area contributed by atoms with Gasteiger partial charge in [0, 0.05) is 18.9 Å². The lowest BCUT2D eigenvalue weighted by Gasteiger charge is -2.01. The SMILES string of the molecule is CCn1cc(NCc2ccccn2)cn1. The predicted octanol–water partition coefficient (Wildman–Crippen LogP) is 1.91. The third-order valence-electron chi connectivity index (χ3n) is 2.16. The molecular formula is C11H14N4. The fourth-order valence-corrected chi connectivity index (χ4v) is 1.32. The molecule has 2 rings (SSSR count). The van der Waals surface area contributed by atoms with E-state index in [1.165, 1.54) is 0 Å². The zero-order valence-corrected chi connectivity index (χ0v) is 8.72. The number of nitrogens with zero attached hydrogens (tertiary/aromatic N) is 3. The molecule has 0 aliphatic rings. The van der Waals surface area contributed by atoms with Crippen LogP contribution in [0, 0.1) is 0 Å². The molecular weight excluding hydrogens is 188 g/mol. The Hall–Kier alpha value is -1.84. The Bertz CT molecular complexity index is 408. The van der Waals surface area contributed by atoms with Gasteiger partial charge in [-0.3, -0.25) is 9.67 Å². The zero-order valence-electron chi connectivity index (χ0n) is 8.72. The van der Waals surface area contributed by atoms with Crippen LogP contribution in [-0.2, 0) is 13.1 Å². The number of pyridine rings is 1. The molecule has 0 aliphatic carbocycles. The Morgan fingerprint density at radius 2 is 2.33 bits per heavy atom. The molecule has 0 aromatic carbocycles. The molecule has 4 nitrogen and oxygen atoms in total. The van der Waals surface area contributed by atoms with E-state index in [1.807, 2.05) is 35.3 Å². The molecule has 0 saturated heterocycles. The van der Waals surface area contributed by atoms with Crippen molar-refractivity contribution in [1.29, 1.82) is 0 Å². The summed E-state index contributed by atoms with van der Waals surface area (Å²) in [5, 5.41) is 7.45. The van der Waals surface area contributed by atoms with Gasteiger partial charge in [-0.2, -0.15) is 5.10 Å². The molecule has 0 fully saturated rings. The number of anilines is 1. The Morgan fingerprint density at radius 1 is 1.40 bits per heavy atom. The fraction of sp³-hybridized carbons (Fsp3) is 0.273. The van der Waals surface area contributed by atoms with Crippen LogP contribution in [0.4, 0.5) is 5.69 Å². The molecule has 0 amide bonds. The minimum absolute atomic E-state index is 0.732. The van der Waals surface area contributed by atoms with Crippen LogP contribution in [0.2, 0.25) is 0 Å².